The van der Waals surface area contributed by atoms with Crippen LogP contribution in [0.1, 0.15) is 40.5 Å². The van der Waals surface area contributed by atoms with E-state index in [-0.39, 0.29) is 11.9 Å². The summed E-state index contributed by atoms with van der Waals surface area (Å²) in [5, 5.41) is 7.73. The molecule has 0 radical (unpaired) electrons. The summed E-state index contributed by atoms with van der Waals surface area (Å²) in [7, 11) is 0. The summed E-state index contributed by atoms with van der Waals surface area (Å²) < 4.78 is 0. The number of nitrogens with zero attached hydrogens (tertiary/aromatic N) is 2. The molecule has 4 nitrogen and oxygen atoms in total. The van der Waals surface area contributed by atoms with Crippen molar-refractivity contribution in [1.82, 2.24) is 15.1 Å². The summed E-state index contributed by atoms with van der Waals surface area (Å²) in [5.74, 6) is 0.0539. The largest absolute Gasteiger partial charge is 0.330 e. The van der Waals surface area contributed by atoms with Crippen LogP contribution in [-0.4, -0.2) is 27.5 Å². The molecule has 1 aromatic carbocycles. The number of H-pyrrole nitrogens is 1. The third kappa shape index (κ3) is 2.31. The van der Waals surface area contributed by atoms with Gasteiger partial charge in [-0.1, -0.05) is 11.6 Å². The quantitative estimate of drug-likeness (QED) is 0.922. The van der Waals surface area contributed by atoms with Gasteiger partial charge >= 0.3 is 0 Å². The number of aromatic nitrogens is 2. The fourth-order valence-electron chi connectivity index (χ4n) is 2.76. The topological polar surface area (TPSA) is 49.0 Å². The molecule has 1 amide bonds. The van der Waals surface area contributed by atoms with Gasteiger partial charge in [-0.05, 0) is 49.6 Å². The molecule has 1 saturated heterocycles. The first-order valence-corrected chi connectivity index (χ1v) is 7.11. The molecule has 2 heterocycles. The molecule has 1 N–H and O–H groups in total. The average Bonchev–Trinajstić information content (AvgIpc) is 3.07. The summed E-state index contributed by atoms with van der Waals surface area (Å²) in [6.07, 6.45) is 3.80. The Bertz CT molecular complexity index is 620. The Morgan fingerprint density at radius 2 is 2.15 bits per heavy atom. The van der Waals surface area contributed by atoms with Crippen LogP contribution in [0.3, 0.4) is 0 Å². The highest BCUT2D eigenvalue weighted by Crippen LogP contribution is 2.33. The predicted octanol–water partition coefficient (Wildman–Crippen LogP) is 3.35. The van der Waals surface area contributed by atoms with Gasteiger partial charge in [0.25, 0.3) is 5.91 Å². The number of halogens is 1. The van der Waals surface area contributed by atoms with Crippen molar-refractivity contribution < 1.29 is 4.79 Å². The SMILES string of the molecule is Cc1cn[nH]c1C1CCCN1C(=O)c1ccc(Cl)cc1. The summed E-state index contributed by atoms with van der Waals surface area (Å²) in [5.41, 5.74) is 2.83. The van der Waals surface area contributed by atoms with Gasteiger partial charge in [0.05, 0.1) is 17.9 Å². The number of benzene rings is 1. The second kappa shape index (κ2) is 5.29. The molecule has 1 unspecified atom stereocenters. The van der Waals surface area contributed by atoms with Crippen LogP contribution in [0.15, 0.2) is 30.5 Å². The van der Waals surface area contributed by atoms with E-state index in [2.05, 4.69) is 10.2 Å². The molecule has 3 rings (SSSR count). The lowest BCUT2D eigenvalue weighted by atomic mass is 10.1. The number of rotatable bonds is 2. The number of hydrogen-bond acceptors (Lipinski definition) is 2. The standard InChI is InChI=1S/C15H16ClN3O/c1-10-9-17-18-14(10)13-3-2-8-19(13)15(20)11-4-6-12(16)7-5-11/h4-7,9,13H,2-3,8H2,1H3,(H,17,18). The lowest BCUT2D eigenvalue weighted by Gasteiger charge is -2.24. The predicted molar refractivity (Wildman–Crippen MR) is 77.8 cm³/mol. The van der Waals surface area contributed by atoms with Crippen LogP contribution >= 0.6 is 11.6 Å². The number of amides is 1. The van der Waals surface area contributed by atoms with Crippen molar-refractivity contribution in [2.75, 3.05) is 6.54 Å². The maximum absolute atomic E-state index is 12.6. The van der Waals surface area contributed by atoms with Crippen LogP contribution in [0.25, 0.3) is 0 Å². The molecule has 104 valence electrons. The van der Waals surface area contributed by atoms with Gasteiger partial charge in [-0.2, -0.15) is 5.10 Å². The molecule has 1 aliphatic heterocycles. The maximum Gasteiger partial charge on any atom is 0.254 e. The van der Waals surface area contributed by atoms with Gasteiger partial charge in [0.1, 0.15) is 0 Å². The molecule has 0 bridgehead atoms. The molecule has 0 aliphatic carbocycles. The van der Waals surface area contributed by atoms with E-state index in [1.165, 1.54) is 0 Å². The highest BCUT2D eigenvalue weighted by Gasteiger charge is 2.32. The van der Waals surface area contributed by atoms with Crippen molar-refractivity contribution in [1.29, 1.82) is 0 Å². The first-order chi connectivity index (χ1) is 9.66. The highest BCUT2D eigenvalue weighted by molar-refractivity contribution is 6.30. The number of hydrogen-bond donors (Lipinski definition) is 1. The van der Waals surface area contributed by atoms with E-state index < -0.39 is 0 Å². The van der Waals surface area contributed by atoms with E-state index >= 15 is 0 Å². The van der Waals surface area contributed by atoms with E-state index in [1.54, 1.807) is 30.5 Å². The van der Waals surface area contributed by atoms with E-state index in [0.29, 0.717) is 10.6 Å². The molecular formula is C15H16ClN3O. The van der Waals surface area contributed by atoms with Crippen LogP contribution in [0.4, 0.5) is 0 Å². The summed E-state index contributed by atoms with van der Waals surface area (Å²) in [6.45, 7) is 2.80. The van der Waals surface area contributed by atoms with Gasteiger partial charge in [0.2, 0.25) is 0 Å². The zero-order valence-corrected chi connectivity index (χ0v) is 12.0. The zero-order valence-electron chi connectivity index (χ0n) is 11.3. The highest BCUT2D eigenvalue weighted by atomic mass is 35.5. The molecule has 20 heavy (non-hydrogen) atoms. The fraction of sp³-hybridized carbons (Fsp3) is 0.333. The fourth-order valence-corrected chi connectivity index (χ4v) is 2.89. The second-order valence-electron chi connectivity index (χ2n) is 5.13. The second-order valence-corrected chi connectivity index (χ2v) is 5.57. The van der Waals surface area contributed by atoms with E-state index in [1.807, 2.05) is 11.8 Å². The van der Waals surface area contributed by atoms with Crippen molar-refractivity contribution >= 4 is 17.5 Å². The smallest absolute Gasteiger partial charge is 0.254 e. The first-order valence-electron chi connectivity index (χ1n) is 6.73. The monoisotopic (exact) mass is 289 g/mol. The average molecular weight is 290 g/mol. The van der Waals surface area contributed by atoms with Gasteiger partial charge in [-0.3, -0.25) is 9.89 Å². The number of carbonyl (C=O) groups excluding carboxylic acids is 1. The van der Waals surface area contributed by atoms with Crippen molar-refractivity contribution in [2.45, 2.75) is 25.8 Å². The molecule has 2 aromatic rings. The molecular weight excluding hydrogens is 274 g/mol. The number of aryl methyl sites for hydroxylation is 1. The Morgan fingerprint density at radius 1 is 1.40 bits per heavy atom. The molecule has 1 aliphatic rings. The van der Waals surface area contributed by atoms with Crippen LogP contribution < -0.4 is 0 Å². The summed E-state index contributed by atoms with van der Waals surface area (Å²) in [6, 6.07) is 7.16. The normalized spacial score (nSPS) is 18.5. The Kier molecular flexibility index (Phi) is 3.49. The van der Waals surface area contributed by atoms with E-state index in [0.717, 1.165) is 30.6 Å². The van der Waals surface area contributed by atoms with Crippen LogP contribution in [0, 0.1) is 6.92 Å². The van der Waals surface area contributed by atoms with Crippen LogP contribution in [-0.2, 0) is 0 Å². The number of nitrogens with one attached hydrogen (secondary N) is 1. The van der Waals surface area contributed by atoms with Gasteiger partial charge < -0.3 is 4.90 Å². The molecule has 5 heteroatoms. The molecule has 1 atom stereocenters. The minimum Gasteiger partial charge on any atom is -0.330 e. The number of aromatic amines is 1. The van der Waals surface area contributed by atoms with E-state index in [4.69, 9.17) is 11.6 Å². The van der Waals surface area contributed by atoms with E-state index in [9.17, 15) is 4.79 Å². The van der Waals surface area contributed by atoms with Crippen LogP contribution in [0.5, 0.6) is 0 Å². The lowest BCUT2D eigenvalue weighted by Crippen LogP contribution is -2.31. The Balaban J connectivity index is 1.87. The molecule has 0 saturated carbocycles. The van der Waals surface area contributed by atoms with Crippen molar-refractivity contribution in [3.05, 3.63) is 52.3 Å². The van der Waals surface area contributed by atoms with Crippen molar-refractivity contribution in [3.63, 3.8) is 0 Å². The zero-order chi connectivity index (χ0) is 14.1. The van der Waals surface area contributed by atoms with Gasteiger partial charge in [0.15, 0.2) is 0 Å². The molecule has 0 spiro atoms. The van der Waals surface area contributed by atoms with Gasteiger partial charge in [-0.25, -0.2) is 0 Å². The third-order valence-corrected chi connectivity index (χ3v) is 4.06. The minimum atomic E-state index is 0.0539. The lowest BCUT2D eigenvalue weighted by molar-refractivity contribution is 0.0732. The molecule has 1 fully saturated rings. The summed E-state index contributed by atoms with van der Waals surface area (Å²) >= 11 is 5.87. The van der Waals surface area contributed by atoms with Crippen molar-refractivity contribution in [2.24, 2.45) is 0 Å². The minimum absolute atomic E-state index is 0.0539. The van der Waals surface area contributed by atoms with Gasteiger partial charge in [-0.15, -0.1) is 0 Å². The Hall–Kier alpha value is -1.81. The summed E-state index contributed by atoms with van der Waals surface area (Å²) in [4.78, 5) is 14.5. The number of likely N-dealkylation sites (tertiary alicyclic amines) is 1. The third-order valence-electron chi connectivity index (χ3n) is 3.81. The number of carbonyl (C=O) groups is 1. The Labute approximate surface area is 122 Å². The van der Waals surface area contributed by atoms with Crippen molar-refractivity contribution in [3.8, 4) is 0 Å². The first kappa shape index (κ1) is 13.2. The maximum atomic E-state index is 12.6. The molecule has 1 aromatic heterocycles. The van der Waals surface area contributed by atoms with Gasteiger partial charge in [0, 0.05) is 17.1 Å². The van der Waals surface area contributed by atoms with Crippen LogP contribution in [0.2, 0.25) is 5.02 Å². The Morgan fingerprint density at radius 3 is 2.80 bits per heavy atom.